The largest absolute Gasteiger partial charge is 0.493 e. The third-order valence-corrected chi connectivity index (χ3v) is 4.80. The number of carbonyl (C=O) groups excluding carboxylic acids is 2. The summed E-state index contributed by atoms with van der Waals surface area (Å²) in [4.78, 5) is 24.7. The predicted molar refractivity (Wildman–Crippen MR) is 116 cm³/mol. The van der Waals surface area contributed by atoms with Crippen LogP contribution in [-0.2, 0) is 11.2 Å². The predicted octanol–water partition coefficient (Wildman–Crippen LogP) is 4.62. The zero-order chi connectivity index (χ0) is 23.1. The first kappa shape index (κ1) is 22.8. The van der Waals surface area contributed by atoms with Crippen molar-refractivity contribution in [1.29, 1.82) is 0 Å². The van der Waals surface area contributed by atoms with E-state index in [0.29, 0.717) is 40.5 Å². The lowest BCUT2D eigenvalue weighted by molar-refractivity contribution is -0.134. The minimum Gasteiger partial charge on any atom is -0.493 e. The van der Waals surface area contributed by atoms with Crippen molar-refractivity contribution in [2.75, 3.05) is 21.3 Å². The number of aryl methyl sites for hydroxylation is 1. The van der Waals surface area contributed by atoms with E-state index in [2.05, 4.69) is 0 Å². The third kappa shape index (κ3) is 5.43. The van der Waals surface area contributed by atoms with Crippen molar-refractivity contribution in [3.05, 3.63) is 83.2 Å². The van der Waals surface area contributed by atoms with Crippen molar-refractivity contribution >= 4 is 11.8 Å². The molecule has 0 saturated carbocycles. The van der Waals surface area contributed by atoms with Gasteiger partial charge < -0.3 is 18.9 Å². The van der Waals surface area contributed by atoms with Crippen molar-refractivity contribution in [1.82, 2.24) is 0 Å². The van der Waals surface area contributed by atoms with E-state index in [0.717, 1.165) is 5.56 Å². The van der Waals surface area contributed by atoms with Crippen LogP contribution in [0.3, 0.4) is 0 Å². The van der Waals surface area contributed by atoms with Gasteiger partial charge in [-0.3, -0.25) is 9.59 Å². The topological polar surface area (TPSA) is 71.1 Å². The van der Waals surface area contributed by atoms with Crippen LogP contribution in [0.5, 0.6) is 23.0 Å². The number of ether oxygens (including phenoxy) is 4. The Labute approximate surface area is 185 Å². The Bertz CT molecular complexity index is 1070. The number of benzene rings is 3. The van der Waals surface area contributed by atoms with Crippen molar-refractivity contribution in [2.45, 2.75) is 12.8 Å². The second-order valence-corrected chi connectivity index (χ2v) is 6.87. The quantitative estimate of drug-likeness (QED) is 0.276. The highest BCUT2D eigenvalue weighted by molar-refractivity contribution is 6.09. The molecule has 166 valence electrons. The number of rotatable bonds is 9. The van der Waals surface area contributed by atoms with Gasteiger partial charge in [-0.15, -0.1) is 0 Å². The molecule has 0 saturated heterocycles. The van der Waals surface area contributed by atoms with Gasteiger partial charge in [0.2, 0.25) is 5.75 Å². The average molecular weight is 438 g/mol. The van der Waals surface area contributed by atoms with Gasteiger partial charge in [-0.2, -0.15) is 0 Å². The molecule has 0 N–H and O–H groups in total. The average Bonchev–Trinajstić information content (AvgIpc) is 2.82. The molecule has 0 heterocycles. The van der Waals surface area contributed by atoms with Gasteiger partial charge in [-0.05, 0) is 72.6 Å². The van der Waals surface area contributed by atoms with Gasteiger partial charge in [0.05, 0.1) is 21.3 Å². The van der Waals surface area contributed by atoms with Crippen molar-refractivity contribution in [2.24, 2.45) is 0 Å². The van der Waals surface area contributed by atoms with Crippen LogP contribution in [0.2, 0.25) is 0 Å². The fourth-order valence-corrected chi connectivity index (χ4v) is 3.15. The number of esters is 1. The minimum absolute atomic E-state index is 0.134. The maximum Gasteiger partial charge on any atom is 0.311 e. The van der Waals surface area contributed by atoms with E-state index in [1.807, 2.05) is 0 Å². The van der Waals surface area contributed by atoms with E-state index in [-0.39, 0.29) is 12.2 Å². The van der Waals surface area contributed by atoms with Crippen molar-refractivity contribution in [3.63, 3.8) is 0 Å². The Morgan fingerprint density at radius 1 is 0.781 bits per heavy atom. The zero-order valence-corrected chi connectivity index (χ0v) is 18.0. The van der Waals surface area contributed by atoms with E-state index in [4.69, 9.17) is 18.9 Å². The van der Waals surface area contributed by atoms with Crippen LogP contribution in [0.4, 0.5) is 4.39 Å². The molecule has 0 aromatic heterocycles. The number of methoxy groups -OCH3 is 3. The van der Waals surface area contributed by atoms with Crippen LogP contribution in [0.15, 0.2) is 60.7 Å². The first-order valence-corrected chi connectivity index (χ1v) is 9.85. The molecule has 0 aliphatic rings. The van der Waals surface area contributed by atoms with Crippen LogP contribution >= 0.6 is 0 Å². The Morgan fingerprint density at radius 3 is 1.81 bits per heavy atom. The molecular formula is C25H23FO6. The Morgan fingerprint density at radius 2 is 1.31 bits per heavy atom. The summed E-state index contributed by atoms with van der Waals surface area (Å²) in [6, 6.07) is 15.1. The molecule has 0 unspecified atom stereocenters. The molecule has 3 rings (SSSR count). The Hall–Kier alpha value is -3.87. The van der Waals surface area contributed by atoms with E-state index < -0.39 is 11.8 Å². The first-order chi connectivity index (χ1) is 15.4. The molecule has 3 aromatic rings. The van der Waals surface area contributed by atoms with Gasteiger partial charge in [0.1, 0.15) is 11.6 Å². The van der Waals surface area contributed by atoms with Gasteiger partial charge in [0.25, 0.3) is 0 Å². The summed E-state index contributed by atoms with van der Waals surface area (Å²) >= 11 is 0. The molecule has 7 heteroatoms. The number of carbonyl (C=O) groups is 2. The molecule has 0 fully saturated rings. The number of hydrogen-bond donors (Lipinski definition) is 0. The van der Waals surface area contributed by atoms with Crippen LogP contribution in [0.25, 0.3) is 0 Å². The van der Waals surface area contributed by atoms with Gasteiger partial charge in [0.15, 0.2) is 17.3 Å². The van der Waals surface area contributed by atoms with Crippen LogP contribution in [0, 0.1) is 5.82 Å². The normalized spacial score (nSPS) is 10.4. The Kier molecular flexibility index (Phi) is 7.44. The highest BCUT2D eigenvalue weighted by Crippen LogP contribution is 2.38. The molecule has 0 atom stereocenters. The highest BCUT2D eigenvalue weighted by atomic mass is 19.1. The lowest BCUT2D eigenvalue weighted by Crippen LogP contribution is -2.09. The van der Waals surface area contributed by atoms with E-state index in [9.17, 15) is 14.0 Å². The smallest absolute Gasteiger partial charge is 0.311 e. The van der Waals surface area contributed by atoms with Gasteiger partial charge in [-0.25, -0.2) is 4.39 Å². The molecule has 0 aliphatic carbocycles. The molecule has 3 aromatic carbocycles. The highest BCUT2D eigenvalue weighted by Gasteiger charge is 2.15. The molecule has 32 heavy (non-hydrogen) atoms. The summed E-state index contributed by atoms with van der Waals surface area (Å²) < 4.78 is 34.3. The summed E-state index contributed by atoms with van der Waals surface area (Å²) in [5.41, 5.74) is 1.62. The fourth-order valence-electron chi connectivity index (χ4n) is 3.15. The lowest BCUT2D eigenvalue weighted by atomic mass is 10.0. The SMILES string of the molecule is COc1cc(CCC(=O)Oc2ccc(C(=O)c3ccc(F)cc3)cc2)cc(OC)c1OC. The fraction of sp³-hybridized carbons (Fsp3) is 0.200. The second kappa shape index (κ2) is 10.4. The molecular weight excluding hydrogens is 415 g/mol. The first-order valence-electron chi connectivity index (χ1n) is 9.85. The van der Waals surface area contributed by atoms with Crippen LogP contribution < -0.4 is 18.9 Å². The van der Waals surface area contributed by atoms with E-state index in [1.54, 1.807) is 36.4 Å². The summed E-state index contributed by atoms with van der Waals surface area (Å²) in [7, 11) is 4.58. The Balaban J connectivity index is 1.61. The van der Waals surface area contributed by atoms with E-state index in [1.165, 1.54) is 45.6 Å². The molecule has 6 nitrogen and oxygen atoms in total. The zero-order valence-electron chi connectivity index (χ0n) is 18.0. The minimum atomic E-state index is -0.420. The summed E-state index contributed by atoms with van der Waals surface area (Å²) in [6.45, 7) is 0. The van der Waals surface area contributed by atoms with Crippen molar-refractivity contribution in [3.8, 4) is 23.0 Å². The lowest BCUT2D eigenvalue weighted by Gasteiger charge is -2.14. The summed E-state index contributed by atoms with van der Waals surface area (Å²) in [5, 5.41) is 0. The number of hydrogen-bond acceptors (Lipinski definition) is 6. The monoisotopic (exact) mass is 438 g/mol. The summed E-state index contributed by atoms with van der Waals surface area (Å²) in [6.07, 6.45) is 0.547. The van der Waals surface area contributed by atoms with E-state index >= 15 is 0 Å². The molecule has 0 aliphatic heterocycles. The van der Waals surface area contributed by atoms with Gasteiger partial charge >= 0.3 is 5.97 Å². The van der Waals surface area contributed by atoms with Gasteiger partial charge in [0, 0.05) is 17.5 Å². The van der Waals surface area contributed by atoms with Crippen LogP contribution in [0.1, 0.15) is 27.9 Å². The molecule has 0 amide bonds. The maximum atomic E-state index is 13.0. The maximum absolute atomic E-state index is 13.0. The second-order valence-electron chi connectivity index (χ2n) is 6.87. The number of ketones is 1. The summed E-state index contributed by atoms with van der Waals surface area (Å²) in [5.74, 6) is 0.761. The third-order valence-electron chi connectivity index (χ3n) is 4.80. The molecule has 0 bridgehead atoms. The van der Waals surface area contributed by atoms with Gasteiger partial charge in [-0.1, -0.05) is 0 Å². The van der Waals surface area contributed by atoms with Crippen LogP contribution in [-0.4, -0.2) is 33.1 Å². The molecule has 0 spiro atoms. The van der Waals surface area contributed by atoms with Crippen molar-refractivity contribution < 1.29 is 32.9 Å². The number of halogens is 1. The molecule has 0 radical (unpaired) electrons. The standard InChI is InChI=1S/C25H23FO6/c1-29-21-14-16(15-22(30-2)25(21)31-3)4-13-23(27)32-20-11-7-18(8-12-20)24(28)17-5-9-19(26)10-6-17/h5-12,14-15H,4,13H2,1-3H3.